The lowest BCUT2D eigenvalue weighted by atomic mass is 10.0. The molecule has 3 nitrogen and oxygen atoms in total. The fourth-order valence-corrected chi connectivity index (χ4v) is 1.98. The molecule has 1 rings (SSSR count). The Balaban J connectivity index is 2.43. The lowest BCUT2D eigenvalue weighted by Gasteiger charge is -2.22. The van der Waals surface area contributed by atoms with Gasteiger partial charge in [-0.2, -0.15) is 0 Å². The molecular formula is C16H24O3. The van der Waals surface area contributed by atoms with E-state index in [9.17, 15) is 9.90 Å². The van der Waals surface area contributed by atoms with Crippen LogP contribution in [0.15, 0.2) is 30.3 Å². The molecule has 0 spiro atoms. The maximum Gasteiger partial charge on any atom is 0.129 e. The van der Waals surface area contributed by atoms with E-state index in [1.807, 2.05) is 37.3 Å². The molecule has 0 aliphatic heterocycles. The SMILES string of the molecule is CC[C@@H](O)[C@@H](CCCC(C)=O)OCc1ccccc1. The fourth-order valence-electron chi connectivity index (χ4n) is 1.98. The largest absolute Gasteiger partial charge is 0.390 e. The minimum absolute atomic E-state index is 0.188. The summed E-state index contributed by atoms with van der Waals surface area (Å²) in [6.45, 7) is 4.03. The lowest BCUT2D eigenvalue weighted by Crippen LogP contribution is -2.28. The van der Waals surface area contributed by atoms with Gasteiger partial charge in [0.05, 0.1) is 18.8 Å². The number of hydrogen-bond acceptors (Lipinski definition) is 3. The molecule has 0 fully saturated rings. The first-order chi connectivity index (χ1) is 9.13. The number of aliphatic hydroxyl groups excluding tert-OH is 1. The van der Waals surface area contributed by atoms with Gasteiger partial charge in [-0.15, -0.1) is 0 Å². The van der Waals surface area contributed by atoms with Crippen LogP contribution < -0.4 is 0 Å². The molecule has 0 heterocycles. The zero-order chi connectivity index (χ0) is 14.1. The van der Waals surface area contributed by atoms with Crippen LogP contribution in [0.3, 0.4) is 0 Å². The minimum atomic E-state index is -0.462. The standard InChI is InChI=1S/C16H24O3/c1-3-15(18)16(11-7-8-13(2)17)19-12-14-9-5-4-6-10-14/h4-6,9-10,15-16,18H,3,7-8,11-12H2,1-2H3/t15-,16-/m1/s1. The third-order valence-corrected chi connectivity index (χ3v) is 3.17. The molecule has 1 N–H and O–H groups in total. The molecule has 0 saturated carbocycles. The van der Waals surface area contributed by atoms with Gasteiger partial charge in [-0.05, 0) is 31.7 Å². The van der Waals surface area contributed by atoms with E-state index in [4.69, 9.17) is 4.74 Å². The second kappa shape index (κ2) is 8.83. The summed E-state index contributed by atoms with van der Waals surface area (Å²) in [6, 6.07) is 9.92. The van der Waals surface area contributed by atoms with Gasteiger partial charge in [-0.25, -0.2) is 0 Å². The molecule has 19 heavy (non-hydrogen) atoms. The van der Waals surface area contributed by atoms with Crippen LogP contribution in [0.1, 0.15) is 45.1 Å². The summed E-state index contributed by atoms with van der Waals surface area (Å²) in [5, 5.41) is 9.95. The third-order valence-electron chi connectivity index (χ3n) is 3.17. The van der Waals surface area contributed by atoms with Crippen LogP contribution in [-0.2, 0) is 16.1 Å². The van der Waals surface area contributed by atoms with E-state index in [-0.39, 0.29) is 11.9 Å². The van der Waals surface area contributed by atoms with E-state index in [0.29, 0.717) is 19.4 Å². The van der Waals surface area contributed by atoms with E-state index in [1.165, 1.54) is 0 Å². The molecule has 0 aromatic heterocycles. The number of carbonyl (C=O) groups excluding carboxylic acids is 1. The Morgan fingerprint density at radius 3 is 2.58 bits per heavy atom. The third kappa shape index (κ3) is 6.50. The highest BCUT2D eigenvalue weighted by Gasteiger charge is 2.18. The Kier molecular flexibility index (Phi) is 7.38. The van der Waals surface area contributed by atoms with Crippen molar-refractivity contribution in [3.05, 3.63) is 35.9 Å². The Labute approximate surface area is 115 Å². The summed E-state index contributed by atoms with van der Waals surface area (Å²) >= 11 is 0. The van der Waals surface area contributed by atoms with Crippen molar-refractivity contribution in [1.29, 1.82) is 0 Å². The summed E-state index contributed by atoms with van der Waals surface area (Å²) in [5.74, 6) is 0.188. The van der Waals surface area contributed by atoms with Crippen molar-refractivity contribution in [2.24, 2.45) is 0 Å². The predicted molar refractivity (Wildman–Crippen MR) is 75.8 cm³/mol. The van der Waals surface area contributed by atoms with Gasteiger partial charge in [0.1, 0.15) is 5.78 Å². The van der Waals surface area contributed by atoms with Crippen molar-refractivity contribution in [2.45, 2.75) is 58.3 Å². The number of ether oxygens (including phenoxy) is 1. The average molecular weight is 264 g/mol. The van der Waals surface area contributed by atoms with E-state index >= 15 is 0 Å². The molecule has 106 valence electrons. The van der Waals surface area contributed by atoms with Gasteiger partial charge in [0.15, 0.2) is 0 Å². The van der Waals surface area contributed by atoms with Crippen molar-refractivity contribution in [2.75, 3.05) is 0 Å². The quantitative estimate of drug-likeness (QED) is 0.745. The van der Waals surface area contributed by atoms with Crippen LogP contribution in [0, 0.1) is 0 Å². The molecule has 0 aliphatic rings. The van der Waals surface area contributed by atoms with E-state index in [0.717, 1.165) is 18.4 Å². The van der Waals surface area contributed by atoms with Crippen molar-refractivity contribution >= 4 is 5.78 Å². The van der Waals surface area contributed by atoms with Crippen LogP contribution in [-0.4, -0.2) is 23.1 Å². The topological polar surface area (TPSA) is 46.5 Å². The van der Waals surface area contributed by atoms with E-state index in [2.05, 4.69) is 0 Å². The summed E-state index contributed by atoms with van der Waals surface area (Å²) in [6.07, 6.45) is 2.06. The number of ketones is 1. The summed E-state index contributed by atoms with van der Waals surface area (Å²) in [4.78, 5) is 10.9. The van der Waals surface area contributed by atoms with Gasteiger partial charge in [0.25, 0.3) is 0 Å². The smallest absolute Gasteiger partial charge is 0.129 e. The van der Waals surface area contributed by atoms with Crippen molar-refractivity contribution in [1.82, 2.24) is 0 Å². The Bertz CT molecular complexity index is 362. The van der Waals surface area contributed by atoms with Crippen LogP contribution in [0.5, 0.6) is 0 Å². The molecule has 0 radical (unpaired) electrons. The number of carbonyl (C=O) groups is 1. The van der Waals surface area contributed by atoms with Gasteiger partial charge in [0.2, 0.25) is 0 Å². The first kappa shape index (κ1) is 15.9. The molecule has 1 aromatic carbocycles. The number of aliphatic hydroxyl groups is 1. The van der Waals surface area contributed by atoms with Gasteiger partial charge in [0, 0.05) is 6.42 Å². The Hall–Kier alpha value is -1.19. The lowest BCUT2D eigenvalue weighted by molar-refractivity contribution is -0.117. The van der Waals surface area contributed by atoms with Crippen LogP contribution >= 0.6 is 0 Å². The highest BCUT2D eigenvalue weighted by Crippen LogP contribution is 2.14. The molecule has 0 aliphatic carbocycles. The van der Waals surface area contributed by atoms with Gasteiger partial charge < -0.3 is 14.6 Å². The maximum absolute atomic E-state index is 10.9. The molecule has 0 saturated heterocycles. The highest BCUT2D eigenvalue weighted by molar-refractivity contribution is 5.75. The van der Waals surface area contributed by atoms with Crippen LogP contribution in [0.2, 0.25) is 0 Å². The zero-order valence-corrected chi connectivity index (χ0v) is 11.8. The number of Topliss-reactive ketones (excluding diaryl/α,β-unsaturated/α-hetero) is 1. The van der Waals surface area contributed by atoms with Gasteiger partial charge in [-0.1, -0.05) is 37.3 Å². The normalized spacial score (nSPS) is 14.1. The highest BCUT2D eigenvalue weighted by atomic mass is 16.5. The number of hydrogen-bond donors (Lipinski definition) is 1. The minimum Gasteiger partial charge on any atom is -0.390 e. The van der Waals surface area contributed by atoms with Crippen molar-refractivity contribution < 1.29 is 14.6 Å². The molecule has 0 unspecified atom stereocenters. The van der Waals surface area contributed by atoms with Crippen LogP contribution in [0.4, 0.5) is 0 Å². The van der Waals surface area contributed by atoms with Gasteiger partial charge in [-0.3, -0.25) is 0 Å². The molecule has 2 atom stereocenters. The first-order valence-corrected chi connectivity index (χ1v) is 6.96. The fraction of sp³-hybridized carbons (Fsp3) is 0.562. The van der Waals surface area contributed by atoms with E-state index in [1.54, 1.807) is 6.92 Å². The Morgan fingerprint density at radius 2 is 2.00 bits per heavy atom. The Morgan fingerprint density at radius 1 is 1.32 bits per heavy atom. The van der Waals surface area contributed by atoms with Crippen LogP contribution in [0.25, 0.3) is 0 Å². The summed E-state index contributed by atoms with van der Waals surface area (Å²) < 4.78 is 5.80. The molecule has 3 heteroatoms. The zero-order valence-electron chi connectivity index (χ0n) is 11.8. The van der Waals surface area contributed by atoms with E-state index < -0.39 is 6.10 Å². The first-order valence-electron chi connectivity index (χ1n) is 6.96. The predicted octanol–water partition coefficient (Wildman–Crippen LogP) is 3.10. The second-order valence-corrected chi connectivity index (χ2v) is 4.90. The second-order valence-electron chi connectivity index (χ2n) is 4.90. The molecule has 1 aromatic rings. The summed E-state index contributed by atoms with van der Waals surface area (Å²) in [7, 11) is 0. The number of benzene rings is 1. The monoisotopic (exact) mass is 264 g/mol. The molecule has 0 amide bonds. The molecular weight excluding hydrogens is 240 g/mol. The maximum atomic E-state index is 10.9. The van der Waals surface area contributed by atoms with Gasteiger partial charge >= 0.3 is 0 Å². The number of rotatable bonds is 9. The van der Waals surface area contributed by atoms with Crippen molar-refractivity contribution in [3.63, 3.8) is 0 Å². The van der Waals surface area contributed by atoms with Crippen molar-refractivity contribution in [3.8, 4) is 0 Å². The average Bonchev–Trinajstić information content (AvgIpc) is 2.42. The summed E-state index contributed by atoms with van der Waals surface area (Å²) in [5.41, 5.74) is 1.10. The molecule has 0 bridgehead atoms.